The van der Waals surface area contributed by atoms with Crippen LogP contribution in [-0.4, -0.2) is 30.0 Å². The number of nitrogens with zero attached hydrogens (tertiary/aromatic N) is 1. The van der Waals surface area contributed by atoms with Crippen LogP contribution in [0.4, 0.5) is 0 Å². The van der Waals surface area contributed by atoms with E-state index in [1.54, 1.807) is 0 Å². The summed E-state index contributed by atoms with van der Waals surface area (Å²) in [6.45, 7) is 9.03. The number of rotatable bonds is 6. The van der Waals surface area contributed by atoms with Gasteiger partial charge in [0, 0.05) is 24.8 Å². The van der Waals surface area contributed by atoms with Crippen molar-refractivity contribution >= 4 is 0 Å². The van der Waals surface area contributed by atoms with E-state index in [0.717, 1.165) is 30.9 Å². The lowest BCUT2D eigenvalue weighted by Crippen LogP contribution is -2.35. The van der Waals surface area contributed by atoms with Gasteiger partial charge in [-0.3, -0.25) is 0 Å². The molecule has 0 radical (unpaired) electrons. The monoisotopic (exact) mass is 268 g/mol. The number of hydrogen-bond acceptors (Lipinski definition) is 5. The van der Waals surface area contributed by atoms with Gasteiger partial charge in [0.15, 0.2) is 5.76 Å². The maximum Gasteiger partial charge on any atom is 0.162 e. The van der Waals surface area contributed by atoms with E-state index < -0.39 is 0 Å². The molecule has 1 N–H and O–H groups in total. The van der Waals surface area contributed by atoms with E-state index in [4.69, 9.17) is 14.0 Å². The molecule has 0 aliphatic carbocycles. The molecule has 1 aliphatic rings. The standard InChI is InChI=1S/C14H24N2O3/c1-14(2,3)15-8-11-7-13(19-16-11)10-17-9-12-5-4-6-18-12/h7,12,15H,4-6,8-10H2,1-3H3. The third kappa shape index (κ3) is 5.30. The average molecular weight is 268 g/mol. The van der Waals surface area contributed by atoms with Crippen molar-refractivity contribution in [3.05, 3.63) is 17.5 Å². The highest BCUT2D eigenvalue weighted by Gasteiger charge is 2.16. The van der Waals surface area contributed by atoms with Gasteiger partial charge in [-0.15, -0.1) is 0 Å². The van der Waals surface area contributed by atoms with E-state index in [2.05, 4.69) is 31.2 Å². The summed E-state index contributed by atoms with van der Waals surface area (Å²) in [5, 5.41) is 7.39. The van der Waals surface area contributed by atoms with E-state index in [9.17, 15) is 0 Å². The van der Waals surface area contributed by atoms with Gasteiger partial charge in [-0.25, -0.2) is 0 Å². The number of nitrogens with one attached hydrogen (secondary N) is 1. The Balaban J connectivity index is 1.68. The fourth-order valence-corrected chi connectivity index (χ4v) is 1.93. The molecule has 1 atom stereocenters. The number of aromatic nitrogens is 1. The summed E-state index contributed by atoms with van der Waals surface area (Å²) in [5.41, 5.74) is 0.987. The summed E-state index contributed by atoms with van der Waals surface area (Å²) >= 11 is 0. The maximum absolute atomic E-state index is 5.58. The predicted octanol–water partition coefficient (Wildman–Crippen LogP) is 2.26. The van der Waals surface area contributed by atoms with Crippen LogP contribution in [0.15, 0.2) is 10.6 Å². The molecule has 0 aromatic carbocycles. The molecular formula is C14H24N2O3. The minimum Gasteiger partial charge on any atom is -0.376 e. The second-order valence-electron chi connectivity index (χ2n) is 6.04. The van der Waals surface area contributed by atoms with Gasteiger partial charge in [0.2, 0.25) is 0 Å². The van der Waals surface area contributed by atoms with E-state index in [1.807, 2.05) is 6.07 Å². The zero-order chi connectivity index (χ0) is 13.7. The molecule has 1 aliphatic heterocycles. The molecule has 1 fully saturated rings. The van der Waals surface area contributed by atoms with Crippen LogP contribution >= 0.6 is 0 Å². The molecule has 1 aromatic rings. The van der Waals surface area contributed by atoms with Gasteiger partial charge in [0.05, 0.1) is 18.4 Å². The van der Waals surface area contributed by atoms with E-state index in [-0.39, 0.29) is 11.6 Å². The first kappa shape index (κ1) is 14.5. The van der Waals surface area contributed by atoms with Crippen molar-refractivity contribution in [3.8, 4) is 0 Å². The lowest BCUT2D eigenvalue weighted by Gasteiger charge is -2.19. The Morgan fingerprint density at radius 2 is 2.32 bits per heavy atom. The largest absolute Gasteiger partial charge is 0.376 e. The van der Waals surface area contributed by atoms with Crippen LogP contribution in [0.1, 0.15) is 45.1 Å². The second kappa shape index (κ2) is 6.50. The van der Waals surface area contributed by atoms with Crippen molar-refractivity contribution in [2.45, 2.75) is 58.4 Å². The summed E-state index contributed by atoms with van der Waals surface area (Å²) in [6, 6.07) is 1.94. The Labute approximate surface area is 114 Å². The van der Waals surface area contributed by atoms with Crippen molar-refractivity contribution in [3.63, 3.8) is 0 Å². The van der Waals surface area contributed by atoms with Gasteiger partial charge in [-0.05, 0) is 33.6 Å². The topological polar surface area (TPSA) is 56.5 Å². The molecule has 19 heavy (non-hydrogen) atoms. The molecule has 108 valence electrons. The van der Waals surface area contributed by atoms with Crippen LogP contribution in [-0.2, 0) is 22.6 Å². The number of ether oxygens (including phenoxy) is 2. The average Bonchev–Trinajstić information content (AvgIpc) is 2.97. The van der Waals surface area contributed by atoms with Gasteiger partial charge in [-0.1, -0.05) is 5.16 Å². The fraction of sp³-hybridized carbons (Fsp3) is 0.786. The number of hydrogen-bond donors (Lipinski definition) is 1. The zero-order valence-electron chi connectivity index (χ0n) is 12.1. The Kier molecular flexibility index (Phi) is 4.96. The molecule has 1 aromatic heterocycles. The smallest absolute Gasteiger partial charge is 0.162 e. The first-order valence-corrected chi connectivity index (χ1v) is 6.92. The van der Waals surface area contributed by atoms with Crippen molar-refractivity contribution in [2.24, 2.45) is 0 Å². The van der Waals surface area contributed by atoms with Crippen LogP contribution < -0.4 is 5.32 Å². The van der Waals surface area contributed by atoms with E-state index in [1.165, 1.54) is 0 Å². The summed E-state index contributed by atoms with van der Waals surface area (Å²) in [4.78, 5) is 0. The van der Waals surface area contributed by atoms with Crippen LogP contribution in [0.25, 0.3) is 0 Å². The third-order valence-electron chi connectivity index (χ3n) is 2.98. The highest BCUT2D eigenvalue weighted by atomic mass is 16.5. The van der Waals surface area contributed by atoms with Crippen molar-refractivity contribution in [1.82, 2.24) is 10.5 Å². The molecule has 1 saturated heterocycles. The molecule has 0 bridgehead atoms. The third-order valence-corrected chi connectivity index (χ3v) is 2.98. The molecular weight excluding hydrogens is 244 g/mol. The van der Waals surface area contributed by atoms with Gasteiger partial charge >= 0.3 is 0 Å². The van der Waals surface area contributed by atoms with Gasteiger partial charge in [0.1, 0.15) is 6.61 Å². The van der Waals surface area contributed by atoms with Crippen LogP contribution in [0.2, 0.25) is 0 Å². The van der Waals surface area contributed by atoms with Gasteiger partial charge < -0.3 is 19.3 Å². The van der Waals surface area contributed by atoms with Crippen molar-refractivity contribution in [2.75, 3.05) is 13.2 Å². The first-order valence-electron chi connectivity index (χ1n) is 6.92. The quantitative estimate of drug-likeness (QED) is 0.857. The van der Waals surface area contributed by atoms with E-state index >= 15 is 0 Å². The van der Waals surface area contributed by atoms with Crippen LogP contribution in [0.5, 0.6) is 0 Å². The maximum atomic E-state index is 5.58. The summed E-state index contributed by atoms with van der Waals surface area (Å²) < 4.78 is 16.3. The molecule has 2 rings (SSSR count). The first-order chi connectivity index (χ1) is 9.03. The Morgan fingerprint density at radius 3 is 3.00 bits per heavy atom. The molecule has 0 saturated carbocycles. The Bertz CT molecular complexity index is 378. The summed E-state index contributed by atoms with van der Waals surface area (Å²) in [5.74, 6) is 0.767. The molecule has 1 unspecified atom stereocenters. The van der Waals surface area contributed by atoms with Crippen molar-refractivity contribution < 1.29 is 14.0 Å². The van der Waals surface area contributed by atoms with E-state index in [0.29, 0.717) is 19.8 Å². The summed E-state index contributed by atoms with van der Waals surface area (Å²) in [7, 11) is 0. The molecule has 5 nitrogen and oxygen atoms in total. The zero-order valence-corrected chi connectivity index (χ0v) is 12.1. The molecule has 0 amide bonds. The molecule has 0 spiro atoms. The predicted molar refractivity (Wildman–Crippen MR) is 71.7 cm³/mol. The normalized spacial score (nSPS) is 20.1. The highest BCUT2D eigenvalue weighted by Crippen LogP contribution is 2.13. The summed E-state index contributed by atoms with van der Waals surface area (Å²) in [6.07, 6.45) is 2.49. The fourth-order valence-electron chi connectivity index (χ4n) is 1.93. The highest BCUT2D eigenvalue weighted by molar-refractivity contribution is 5.04. The lowest BCUT2D eigenvalue weighted by atomic mass is 10.1. The minimum atomic E-state index is 0.0788. The molecule has 5 heteroatoms. The van der Waals surface area contributed by atoms with Gasteiger partial charge in [-0.2, -0.15) is 0 Å². The van der Waals surface area contributed by atoms with Gasteiger partial charge in [0.25, 0.3) is 0 Å². The lowest BCUT2D eigenvalue weighted by molar-refractivity contribution is 0.00453. The Morgan fingerprint density at radius 1 is 1.47 bits per heavy atom. The minimum absolute atomic E-state index is 0.0788. The SMILES string of the molecule is CC(C)(C)NCc1cc(COCC2CCCO2)on1. The Hall–Kier alpha value is -0.910. The molecule has 2 heterocycles. The van der Waals surface area contributed by atoms with Crippen molar-refractivity contribution in [1.29, 1.82) is 0 Å². The van der Waals surface area contributed by atoms with Crippen LogP contribution in [0.3, 0.4) is 0 Å². The van der Waals surface area contributed by atoms with Crippen LogP contribution in [0, 0.1) is 0 Å². The second-order valence-corrected chi connectivity index (χ2v) is 6.04.